The maximum absolute atomic E-state index is 5.41. The van der Waals surface area contributed by atoms with Gasteiger partial charge in [-0.15, -0.1) is 0 Å². The van der Waals surface area contributed by atoms with Crippen LogP contribution in [0.15, 0.2) is 6.20 Å². The summed E-state index contributed by atoms with van der Waals surface area (Å²) in [4.78, 5) is 6.45. The van der Waals surface area contributed by atoms with E-state index >= 15 is 0 Å². The molecule has 1 aliphatic rings. The molecule has 0 bridgehead atoms. The van der Waals surface area contributed by atoms with Gasteiger partial charge in [-0.3, -0.25) is 0 Å². The highest BCUT2D eigenvalue weighted by Gasteiger charge is 2.26. The largest absolute Gasteiger partial charge is 0.381 e. The van der Waals surface area contributed by atoms with Crippen LogP contribution in [0.25, 0.3) is 0 Å². The lowest BCUT2D eigenvalue weighted by molar-refractivity contribution is 0.0444. The van der Waals surface area contributed by atoms with Crippen molar-refractivity contribution in [1.29, 1.82) is 0 Å². The Bertz CT molecular complexity index is 394. The van der Waals surface area contributed by atoms with Gasteiger partial charge in [0.05, 0.1) is 11.9 Å². The maximum atomic E-state index is 5.41. The van der Waals surface area contributed by atoms with Crippen LogP contribution >= 0.6 is 0 Å². The van der Waals surface area contributed by atoms with E-state index in [-0.39, 0.29) is 5.54 Å². The first-order chi connectivity index (χ1) is 8.52. The molecule has 2 rings (SSSR count). The summed E-state index contributed by atoms with van der Waals surface area (Å²) in [6.45, 7) is 4.85. The zero-order valence-electron chi connectivity index (χ0n) is 11.9. The summed E-state index contributed by atoms with van der Waals surface area (Å²) in [6, 6.07) is 0. The highest BCUT2D eigenvalue weighted by atomic mass is 16.5. The number of hydrogen-bond acceptors (Lipinski definition) is 4. The first-order valence-corrected chi connectivity index (χ1v) is 6.52. The van der Waals surface area contributed by atoms with Gasteiger partial charge in [0.1, 0.15) is 0 Å². The Morgan fingerprint density at radius 3 is 2.67 bits per heavy atom. The van der Waals surface area contributed by atoms with Crippen LogP contribution in [-0.4, -0.2) is 42.4 Å². The van der Waals surface area contributed by atoms with Crippen LogP contribution < -0.4 is 10.2 Å². The Morgan fingerprint density at radius 2 is 2.11 bits per heavy atom. The molecule has 0 spiro atoms. The highest BCUT2D eigenvalue weighted by molar-refractivity contribution is 5.30. The predicted octanol–water partition coefficient (Wildman–Crippen LogP) is 1.14. The molecular weight excluding hydrogens is 228 g/mol. The van der Waals surface area contributed by atoms with Crippen LogP contribution in [0, 0.1) is 0 Å². The van der Waals surface area contributed by atoms with Gasteiger partial charge < -0.3 is 19.5 Å². The zero-order valence-corrected chi connectivity index (χ0v) is 11.9. The summed E-state index contributed by atoms with van der Waals surface area (Å²) in [6.07, 6.45) is 4.10. The third-order valence-corrected chi connectivity index (χ3v) is 3.75. The molecule has 1 aromatic heterocycles. The lowest BCUT2D eigenvalue weighted by Crippen LogP contribution is -2.46. The number of hydrogen-bond donors (Lipinski definition) is 1. The van der Waals surface area contributed by atoms with E-state index in [9.17, 15) is 0 Å². The van der Waals surface area contributed by atoms with E-state index < -0.39 is 0 Å². The Balaban J connectivity index is 1.97. The van der Waals surface area contributed by atoms with Gasteiger partial charge in [-0.2, -0.15) is 0 Å². The molecule has 2 heterocycles. The van der Waals surface area contributed by atoms with Gasteiger partial charge in [0, 0.05) is 46.4 Å². The fraction of sp³-hybridized carbons (Fsp3) is 0.769. The van der Waals surface area contributed by atoms with E-state index in [0.29, 0.717) is 0 Å². The summed E-state index contributed by atoms with van der Waals surface area (Å²) < 4.78 is 7.55. The average molecular weight is 252 g/mol. The molecule has 102 valence electrons. The van der Waals surface area contributed by atoms with Crippen LogP contribution in [-0.2, 0) is 18.3 Å². The quantitative estimate of drug-likeness (QED) is 0.873. The Kier molecular flexibility index (Phi) is 3.92. The van der Waals surface area contributed by atoms with Crippen LogP contribution in [0.3, 0.4) is 0 Å². The molecule has 0 atom stereocenters. The standard InChI is InChI=1S/C13H24N4O/c1-13(5-7-18-8-6-13)15-10-11-9-14-12(16(2)3)17(11)4/h9,15H,5-8,10H2,1-4H3. The number of aromatic nitrogens is 2. The van der Waals surface area contributed by atoms with Crippen molar-refractivity contribution in [2.45, 2.75) is 31.8 Å². The maximum Gasteiger partial charge on any atom is 0.204 e. The van der Waals surface area contributed by atoms with Crippen molar-refractivity contribution in [2.75, 3.05) is 32.2 Å². The van der Waals surface area contributed by atoms with Crippen molar-refractivity contribution in [3.8, 4) is 0 Å². The Hall–Kier alpha value is -1.07. The van der Waals surface area contributed by atoms with Crippen LogP contribution in [0.2, 0.25) is 0 Å². The number of imidazole rings is 1. The van der Waals surface area contributed by atoms with Crippen LogP contribution in [0.4, 0.5) is 5.95 Å². The van der Waals surface area contributed by atoms with Crippen molar-refractivity contribution in [3.05, 3.63) is 11.9 Å². The smallest absolute Gasteiger partial charge is 0.204 e. The molecule has 1 N–H and O–H groups in total. The first-order valence-electron chi connectivity index (χ1n) is 6.52. The minimum atomic E-state index is 0.195. The summed E-state index contributed by atoms with van der Waals surface area (Å²) in [5.41, 5.74) is 1.41. The minimum Gasteiger partial charge on any atom is -0.381 e. The van der Waals surface area contributed by atoms with Gasteiger partial charge in [0.15, 0.2) is 0 Å². The molecule has 1 aromatic rings. The molecule has 0 radical (unpaired) electrons. The Morgan fingerprint density at radius 1 is 1.44 bits per heavy atom. The number of ether oxygens (including phenoxy) is 1. The van der Waals surface area contributed by atoms with Crippen LogP contribution in [0.1, 0.15) is 25.5 Å². The summed E-state index contributed by atoms with van der Waals surface area (Å²) in [5.74, 6) is 0.990. The predicted molar refractivity (Wildman–Crippen MR) is 72.8 cm³/mol. The summed E-state index contributed by atoms with van der Waals surface area (Å²) >= 11 is 0. The second kappa shape index (κ2) is 5.28. The van der Waals surface area contributed by atoms with Crippen molar-refractivity contribution in [2.24, 2.45) is 7.05 Å². The topological polar surface area (TPSA) is 42.3 Å². The zero-order chi connectivity index (χ0) is 13.2. The minimum absolute atomic E-state index is 0.195. The lowest BCUT2D eigenvalue weighted by atomic mass is 9.92. The molecule has 1 aliphatic heterocycles. The van der Waals surface area contributed by atoms with Crippen molar-refractivity contribution in [3.63, 3.8) is 0 Å². The van der Waals surface area contributed by atoms with Crippen LogP contribution in [0.5, 0.6) is 0 Å². The lowest BCUT2D eigenvalue weighted by Gasteiger charge is -2.34. The summed E-state index contributed by atoms with van der Waals surface area (Å²) in [7, 11) is 6.09. The Labute approximate surface area is 109 Å². The second-order valence-electron chi connectivity index (χ2n) is 5.53. The summed E-state index contributed by atoms with van der Waals surface area (Å²) in [5, 5.41) is 3.65. The molecule has 5 nitrogen and oxygen atoms in total. The molecule has 0 unspecified atom stereocenters. The van der Waals surface area contributed by atoms with Crippen molar-refractivity contribution >= 4 is 5.95 Å². The number of nitrogens with one attached hydrogen (secondary N) is 1. The van der Waals surface area contributed by atoms with Gasteiger partial charge in [0.25, 0.3) is 0 Å². The van der Waals surface area contributed by atoms with E-state index in [1.165, 1.54) is 5.69 Å². The molecule has 0 amide bonds. The molecule has 1 saturated heterocycles. The number of nitrogens with zero attached hydrogens (tertiary/aromatic N) is 3. The van der Waals surface area contributed by atoms with E-state index in [0.717, 1.165) is 38.5 Å². The van der Waals surface area contributed by atoms with E-state index in [1.807, 2.05) is 25.2 Å². The van der Waals surface area contributed by atoms with Gasteiger partial charge >= 0.3 is 0 Å². The molecule has 0 aromatic carbocycles. The van der Waals surface area contributed by atoms with Gasteiger partial charge in [-0.05, 0) is 19.8 Å². The normalized spacial score (nSPS) is 18.9. The third-order valence-electron chi connectivity index (χ3n) is 3.75. The monoisotopic (exact) mass is 252 g/mol. The molecule has 0 aliphatic carbocycles. The SMILES string of the molecule is CN(C)c1ncc(CNC2(C)CCOCC2)n1C. The molecule has 5 heteroatoms. The van der Waals surface area contributed by atoms with Crippen molar-refractivity contribution < 1.29 is 4.74 Å². The fourth-order valence-electron chi connectivity index (χ4n) is 2.32. The van der Waals surface area contributed by atoms with Gasteiger partial charge in [-0.25, -0.2) is 4.98 Å². The number of anilines is 1. The van der Waals surface area contributed by atoms with E-state index in [1.54, 1.807) is 0 Å². The molecule has 0 saturated carbocycles. The third kappa shape index (κ3) is 2.84. The highest BCUT2D eigenvalue weighted by Crippen LogP contribution is 2.20. The second-order valence-corrected chi connectivity index (χ2v) is 5.53. The number of rotatable bonds is 4. The average Bonchev–Trinajstić information content (AvgIpc) is 2.69. The van der Waals surface area contributed by atoms with E-state index in [2.05, 4.69) is 28.8 Å². The molecule has 1 fully saturated rings. The van der Waals surface area contributed by atoms with Gasteiger partial charge in [-0.1, -0.05) is 0 Å². The van der Waals surface area contributed by atoms with Crippen molar-refractivity contribution in [1.82, 2.24) is 14.9 Å². The van der Waals surface area contributed by atoms with Gasteiger partial charge in [0.2, 0.25) is 5.95 Å². The fourth-order valence-corrected chi connectivity index (χ4v) is 2.32. The van der Waals surface area contributed by atoms with E-state index in [4.69, 9.17) is 4.74 Å². The molecule has 18 heavy (non-hydrogen) atoms. The molecular formula is C13H24N4O. The first kappa shape index (κ1) is 13.4.